The summed E-state index contributed by atoms with van der Waals surface area (Å²) in [4.78, 5) is 11.2. The number of hydrogen-bond acceptors (Lipinski definition) is 3. The first-order chi connectivity index (χ1) is 7.80. The van der Waals surface area contributed by atoms with E-state index in [9.17, 15) is 13.6 Å². The van der Waals surface area contributed by atoms with E-state index < -0.39 is 17.9 Å². The third-order valence-corrected chi connectivity index (χ3v) is 2.76. The second-order valence-corrected chi connectivity index (χ2v) is 4.18. The first kappa shape index (κ1) is 13.9. The highest BCUT2D eigenvalue weighted by Gasteiger charge is 2.33. The number of rotatable bonds is 3. The van der Waals surface area contributed by atoms with Crippen molar-refractivity contribution in [1.82, 2.24) is 0 Å². The van der Waals surface area contributed by atoms with Crippen LogP contribution in [0.15, 0.2) is 18.2 Å². The minimum absolute atomic E-state index is 0.0340. The normalized spacial score (nSPS) is 14.5. The maximum atomic E-state index is 12.7. The van der Waals surface area contributed by atoms with E-state index in [0.717, 1.165) is 0 Å². The van der Waals surface area contributed by atoms with Gasteiger partial charge in [0, 0.05) is 0 Å². The summed E-state index contributed by atoms with van der Waals surface area (Å²) in [5.74, 6) is -0.627. The lowest BCUT2D eigenvalue weighted by Crippen LogP contribution is -2.40. The van der Waals surface area contributed by atoms with Crippen LogP contribution in [0.3, 0.4) is 0 Å². The van der Waals surface area contributed by atoms with E-state index in [0.29, 0.717) is 0 Å². The van der Waals surface area contributed by atoms with Crippen LogP contribution < -0.4 is 5.73 Å². The van der Waals surface area contributed by atoms with Crippen LogP contribution in [0, 0.1) is 0 Å². The zero-order valence-electron chi connectivity index (χ0n) is 9.34. The van der Waals surface area contributed by atoms with Gasteiger partial charge >= 0.3 is 5.97 Å². The Balaban J connectivity index is 3.17. The van der Waals surface area contributed by atoms with Gasteiger partial charge in [0.05, 0.1) is 23.2 Å². The zero-order valence-corrected chi connectivity index (χ0v) is 10.1. The number of nitrogens with two attached hydrogens (primary N) is 1. The van der Waals surface area contributed by atoms with Crippen molar-refractivity contribution < 1.29 is 18.3 Å². The fraction of sp³-hybridized carbons (Fsp3) is 0.364. The molecule has 1 rings (SSSR count). The molecule has 0 amide bonds. The predicted octanol–water partition coefficient (Wildman–Crippen LogP) is 2.57. The van der Waals surface area contributed by atoms with Gasteiger partial charge < -0.3 is 10.5 Å². The Morgan fingerprint density at radius 1 is 1.53 bits per heavy atom. The molecule has 0 aromatic heterocycles. The lowest BCUT2D eigenvalue weighted by atomic mass is 9.93. The number of alkyl halides is 2. The van der Waals surface area contributed by atoms with Gasteiger partial charge in [0.1, 0.15) is 0 Å². The average Bonchev–Trinajstić information content (AvgIpc) is 2.27. The monoisotopic (exact) mass is 263 g/mol. The molecule has 1 atom stereocenters. The first-order valence-electron chi connectivity index (χ1n) is 4.76. The maximum Gasteiger partial charge on any atom is 0.339 e. The Morgan fingerprint density at radius 2 is 2.12 bits per heavy atom. The molecule has 17 heavy (non-hydrogen) atoms. The molecule has 0 heterocycles. The van der Waals surface area contributed by atoms with E-state index in [-0.39, 0.29) is 16.1 Å². The van der Waals surface area contributed by atoms with Crippen molar-refractivity contribution in [3.63, 3.8) is 0 Å². The van der Waals surface area contributed by atoms with Gasteiger partial charge in [0.15, 0.2) is 0 Å². The molecule has 0 spiro atoms. The number of halogens is 3. The number of hydrogen-bond donors (Lipinski definition) is 1. The van der Waals surface area contributed by atoms with Gasteiger partial charge in [0.2, 0.25) is 0 Å². The summed E-state index contributed by atoms with van der Waals surface area (Å²) < 4.78 is 29.9. The van der Waals surface area contributed by atoms with Crippen LogP contribution in [0.5, 0.6) is 0 Å². The molecule has 1 aromatic carbocycles. The van der Waals surface area contributed by atoms with E-state index >= 15 is 0 Å². The number of esters is 1. The van der Waals surface area contributed by atoms with Crippen molar-refractivity contribution in [3.05, 3.63) is 34.3 Å². The highest BCUT2D eigenvalue weighted by Crippen LogP contribution is 2.29. The average molecular weight is 264 g/mol. The lowest BCUT2D eigenvalue weighted by molar-refractivity contribution is 0.0600. The molecule has 6 heteroatoms. The van der Waals surface area contributed by atoms with Crippen molar-refractivity contribution >= 4 is 17.6 Å². The van der Waals surface area contributed by atoms with Crippen LogP contribution in [0.4, 0.5) is 8.78 Å². The maximum absolute atomic E-state index is 12.7. The number of carbonyl (C=O) groups is 1. The highest BCUT2D eigenvalue weighted by molar-refractivity contribution is 6.33. The molecule has 1 aromatic rings. The minimum Gasteiger partial charge on any atom is -0.465 e. The molecule has 0 bridgehead atoms. The molecule has 94 valence electrons. The van der Waals surface area contributed by atoms with Crippen LogP contribution in [0.1, 0.15) is 22.8 Å². The van der Waals surface area contributed by atoms with Crippen molar-refractivity contribution in [3.8, 4) is 0 Å². The molecule has 2 N–H and O–H groups in total. The van der Waals surface area contributed by atoms with Gasteiger partial charge in [-0.25, -0.2) is 13.6 Å². The largest absolute Gasteiger partial charge is 0.465 e. The molecule has 1 unspecified atom stereocenters. The van der Waals surface area contributed by atoms with Crippen LogP contribution in [0.25, 0.3) is 0 Å². The van der Waals surface area contributed by atoms with Crippen LogP contribution >= 0.6 is 11.6 Å². The molecule has 0 aliphatic rings. The van der Waals surface area contributed by atoms with Crippen molar-refractivity contribution in [2.75, 3.05) is 7.11 Å². The lowest BCUT2D eigenvalue weighted by Gasteiger charge is -2.24. The Labute approximate surface area is 103 Å². The number of carbonyl (C=O) groups excluding carboxylic acids is 1. The second-order valence-electron chi connectivity index (χ2n) is 3.77. The molecule has 0 aliphatic heterocycles. The quantitative estimate of drug-likeness (QED) is 0.853. The van der Waals surface area contributed by atoms with Gasteiger partial charge in [-0.15, -0.1) is 0 Å². The van der Waals surface area contributed by atoms with Crippen molar-refractivity contribution in [2.24, 2.45) is 5.73 Å². The van der Waals surface area contributed by atoms with E-state index in [4.69, 9.17) is 17.3 Å². The van der Waals surface area contributed by atoms with Gasteiger partial charge in [-0.2, -0.15) is 0 Å². The van der Waals surface area contributed by atoms with Gasteiger partial charge in [-0.05, 0) is 24.6 Å². The molecular weight excluding hydrogens is 252 g/mol. The summed E-state index contributed by atoms with van der Waals surface area (Å²) in [6, 6.07) is 3.90. The summed E-state index contributed by atoms with van der Waals surface area (Å²) >= 11 is 5.81. The topological polar surface area (TPSA) is 52.3 Å². The minimum atomic E-state index is -2.73. The molecule has 0 aliphatic carbocycles. The van der Waals surface area contributed by atoms with Crippen LogP contribution in [-0.4, -0.2) is 19.5 Å². The Kier molecular flexibility index (Phi) is 4.06. The number of benzene rings is 1. The third kappa shape index (κ3) is 2.73. The summed E-state index contributed by atoms with van der Waals surface area (Å²) in [6.07, 6.45) is -2.73. The molecule has 0 saturated carbocycles. The summed E-state index contributed by atoms with van der Waals surface area (Å²) in [7, 11) is 1.21. The predicted molar refractivity (Wildman–Crippen MR) is 60.3 cm³/mol. The van der Waals surface area contributed by atoms with E-state index in [1.807, 2.05) is 0 Å². The number of methoxy groups -OCH3 is 1. The van der Waals surface area contributed by atoms with Crippen LogP contribution in [0.2, 0.25) is 5.02 Å². The Morgan fingerprint density at radius 3 is 2.53 bits per heavy atom. The van der Waals surface area contributed by atoms with Gasteiger partial charge in [0.25, 0.3) is 6.43 Å². The van der Waals surface area contributed by atoms with Crippen LogP contribution in [-0.2, 0) is 10.3 Å². The molecule has 0 radical (unpaired) electrons. The Bertz CT molecular complexity index is 435. The second kappa shape index (κ2) is 4.98. The fourth-order valence-corrected chi connectivity index (χ4v) is 1.51. The van der Waals surface area contributed by atoms with E-state index in [2.05, 4.69) is 4.74 Å². The Hall–Kier alpha value is -1.20. The van der Waals surface area contributed by atoms with Gasteiger partial charge in [-0.3, -0.25) is 0 Å². The molecule has 3 nitrogen and oxygen atoms in total. The molecule has 0 fully saturated rings. The van der Waals surface area contributed by atoms with E-state index in [1.54, 1.807) is 0 Å². The fourth-order valence-electron chi connectivity index (χ4n) is 1.25. The summed E-state index contributed by atoms with van der Waals surface area (Å²) in [6.45, 7) is 1.20. The van der Waals surface area contributed by atoms with E-state index in [1.165, 1.54) is 32.2 Å². The smallest absolute Gasteiger partial charge is 0.339 e. The van der Waals surface area contributed by atoms with Crippen molar-refractivity contribution in [2.45, 2.75) is 18.9 Å². The molecule has 0 saturated heterocycles. The van der Waals surface area contributed by atoms with Gasteiger partial charge in [-0.1, -0.05) is 17.7 Å². The summed E-state index contributed by atoms with van der Waals surface area (Å²) in [5, 5.41) is 0.0340. The third-order valence-electron chi connectivity index (χ3n) is 2.45. The molecular formula is C11H12ClF2NO2. The SMILES string of the molecule is COC(=O)c1ccc(C(C)(N)C(F)F)cc1Cl. The zero-order chi connectivity index (χ0) is 13.2. The number of ether oxygens (including phenoxy) is 1. The summed E-state index contributed by atoms with van der Waals surface area (Å²) in [5.41, 5.74) is 3.95. The standard InChI is InChI=1S/C11H12ClF2NO2/c1-11(15,10(13)14)6-3-4-7(8(12)5-6)9(16)17-2/h3-5,10H,15H2,1-2H3. The first-order valence-corrected chi connectivity index (χ1v) is 5.14. The van der Waals surface area contributed by atoms with Crippen molar-refractivity contribution in [1.29, 1.82) is 0 Å². The highest BCUT2D eigenvalue weighted by atomic mass is 35.5.